The van der Waals surface area contributed by atoms with Crippen molar-refractivity contribution in [2.75, 3.05) is 0 Å². The quantitative estimate of drug-likeness (QED) is 0.848. The van der Waals surface area contributed by atoms with Crippen LogP contribution in [0.4, 0.5) is 0 Å². The molecule has 0 aliphatic rings. The molecule has 14 heavy (non-hydrogen) atoms. The Labute approximate surface area is 91.7 Å². The molecule has 0 saturated heterocycles. The average molecular weight is 224 g/mol. The Balaban J connectivity index is 2.17. The van der Waals surface area contributed by atoms with Gasteiger partial charge in [-0.1, -0.05) is 12.1 Å². The van der Waals surface area contributed by atoms with E-state index in [2.05, 4.69) is 6.07 Å². The molecule has 0 bridgehead atoms. The normalized spacial score (nSPS) is 15.3. The molecule has 0 aliphatic carbocycles. The minimum Gasteiger partial charge on any atom is -0.384 e. The van der Waals surface area contributed by atoms with Crippen molar-refractivity contribution in [3.8, 4) is 0 Å². The number of hydrogen-bond acceptors (Lipinski definition) is 3. The van der Waals surface area contributed by atoms with Gasteiger partial charge in [0, 0.05) is 16.2 Å². The van der Waals surface area contributed by atoms with Crippen LogP contribution in [0, 0.1) is 0 Å². The van der Waals surface area contributed by atoms with Crippen LogP contribution in [-0.4, -0.2) is 5.11 Å². The first-order chi connectivity index (χ1) is 6.68. The first-order valence-electron chi connectivity index (χ1n) is 4.47. The zero-order valence-electron chi connectivity index (χ0n) is 7.93. The molecular formula is C11H12OS2. The highest BCUT2D eigenvalue weighted by atomic mass is 32.1. The van der Waals surface area contributed by atoms with Crippen molar-refractivity contribution in [3.05, 3.63) is 44.8 Å². The van der Waals surface area contributed by atoms with Crippen molar-refractivity contribution in [2.24, 2.45) is 0 Å². The van der Waals surface area contributed by atoms with Gasteiger partial charge >= 0.3 is 0 Å². The van der Waals surface area contributed by atoms with E-state index in [4.69, 9.17) is 0 Å². The van der Waals surface area contributed by atoms with E-state index < -0.39 is 5.60 Å². The summed E-state index contributed by atoms with van der Waals surface area (Å²) in [5.74, 6) is 0. The van der Waals surface area contributed by atoms with E-state index in [1.807, 2.05) is 35.9 Å². The van der Waals surface area contributed by atoms with Gasteiger partial charge in [-0.05, 0) is 29.8 Å². The monoisotopic (exact) mass is 224 g/mol. The third-order valence-electron chi connectivity index (χ3n) is 2.15. The second-order valence-electron chi connectivity index (χ2n) is 3.51. The molecule has 2 aromatic rings. The molecule has 1 atom stereocenters. The summed E-state index contributed by atoms with van der Waals surface area (Å²) in [6.45, 7) is 1.87. The Hall–Kier alpha value is -0.640. The zero-order chi connectivity index (χ0) is 10.0. The summed E-state index contributed by atoms with van der Waals surface area (Å²) in [5, 5.41) is 14.3. The van der Waals surface area contributed by atoms with Crippen LogP contribution in [0.1, 0.15) is 16.7 Å². The molecule has 2 aromatic heterocycles. The van der Waals surface area contributed by atoms with Gasteiger partial charge in [-0.2, -0.15) is 0 Å². The lowest BCUT2D eigenvalue weighted by atomic mass is 10.00. The lowest BCUT2D eigenvalue weighted by Gasteiger charge is -2.20. The van der Waals surface area contributed by atoms with Gasteiger partial charge in [0.1, 0.15) is 5.60 Å². The fourth-order valence-corrected chi connectivity index (χ4v) is 3.06. The topological polar surface area (TPSA) is 20.2 Å². The molecule has 1 N–H and O–H groups in total. The molecule has 0 spiro atoms. The van der Waals surface area contributed by atoms with Gasteiger partial charge in [-0.15, -0.1) is 22.7 Å². The van der Waals surface area contributed by atoms with E-state index in [9.17, 15) is 5.11 Å². The molecule has 0 aliphatic heterocycles. The van der Waals surface area contributed by atoms with Crippen LogP contribution < -0.4 is 0 Å². The Morgan fingerprint density at radius 2 is 1.93 bits per heavy atom. The molecule has 2 rings (SSSR count). The summed E-state index contributed by atoms with van der Waals surface area (Å²) in [6.07, 6.45) is 0.700. The SMILES string of the molecule is CC(O)(Cc1cccs1)c1cccs1. The minimum absolute atomic E-state index is 0.700. The van der Waals surface area contributed by atoms with E-state index >= 15 is 0 Å². The smallest absolute Gasteiger partial charge is 0.101 e. The van der Waals surface area contributed by atoms with Crippen LogP contribution in [0.5, 0.6) is 0 Å². The first kappa shape index (κ1) is 9.90. The van der Waals surface area contributed by atoms with Crippen molar-refractivity contribution in [1.82, 2.24) is 0 Å². The summed E-state index contributed by atoms with van der Waals surface area (Å²) in [4.78, 5) is 2.26. The highest BCUT2D eigenvalue weighted by Gasteiger charge is 2.24. The first-order valence-corrected chi connectivity index (χ1v) is 6.23. The third-order valence-corrected chi connectivity index (χ3v) is 4.15. The van der Waals surface area contributed by atoms with Gasteiger partial charge in [0.15, 0.2) is 0 Å². The standard InChI is InChI=1S/C11H12OS2/c1-11(12,10-5-3-7-14-10)8-9-4-2-6-13-9/h2-7,12H,8H2,1H3. The van der Waals surface area contributed by atoms with Gasteiger partial charge in [-0.3, -0.25) is 0 Å². The van der Waals surface area contributed by atoms with Crippen molar-refractivity contribution in [1.29, 1.82) is 0 Å². The molecule has 2 heterocycles. The van der Waals surface area contributed by atoms with Crippen molar-refractivity contribution < 1.29 is 5.11 Å². The fraction of sp³-hybridized carbons (Fsp3) is 0.273. The van der Waals surface area contributed by atoms with Crippen LogP contribution in [0.2, 0.25) is 0 Å². The lowest BCUT2D eigenvalue weighted by molar-refractivity contribution is 0.0623. The largest absolute Gasteiger partial charge is 0.384 e. The van der Waals surface area contributed by atoms with Gasteiger partial charge in [0.25, 0.3) is 0 Å². The van der Waals surface area contributed by atoms with Gasteiger partial charge in [0.2, 0.25) is 0 Å². The van der Waals surface area contributed by atoms with Crippen LogP contribution >= 0.6 is 22.7 Å². The zero-order valence-corrected chi connectivity index (χ0v) is 9.57. The van der Waals surface area contributed by atoms with Gasteiger partial charge < -0.3 is 5.11 Å². The number of hydrogen-bond donors (Lipinski definition) is 1. The highest BCUT2D eigenvalue weighted by Crippen LogP contribution is 2.30. The summed E-state index contributed by atoms with van der Waals surface area (Å²) in [5.41, 5.74) is -0.723. The summed E-state index contributed by atoms with van der Waals surface area (Å²) >= 11 is 3.30. The number of rotatable bonds is 3. The third kappa shape index (κ3) is 2.05. The molecular weight excluding hydrogens is 212 g/mol. The van der Waals surface area contributed by atoms with E-state index in [0.717, 1.165) is 4.88 Å². The van der Waals surface area contributed by atoms with Crippen LogP contribution in [0.15, 0.2) is 35.0 Å². The maximum absolute atomic E-state index is 10.3. The van der Waals surface area contributed by atoms with Crippen molar-refractivity contribution in [3.63, 3.8) is 0 Å². The number of aliphatic hydroxyl groups is 1. The van der Waals surface area contributed by atoms with E-state index in [1.165, 1.54) is 4.88 Å². The minimum atomic E-state index is -0.723. The Morgan fingerprint density at radius 1 is 1.21 bits per heavy atom. The second kappa shape index (κ2) is 3.85. The van der Waals surface area contributed by atoms with Crippen LogP contribution in [-0.2, 0) is 12.0 Å². The molecule has 0 radical (unpaired) electrons. The van der Waals surface area contributed by atoms with Gasteiger partial charge in [-0.25, -0.2) is 0 Å². The van der Waals surface area contributed by atoms with Crippen molar-refractivity contribution >= 4 is 22.7 Å². The Bertz CT molecular complexity index is 373. The Kier molecular flexibility index (Phi) is 2.72. The summed E-state index contributed by atoms with van der Waals surface area (Å²) in [7, 11) is 0. The maximum Gasteiger partial charge on any atom is 0.101 e. The number of thiophene rings is 2. The van der Waals surface area contributed by atoms with Crippen molar-refractivity contribution in [2.45, 2.75) is 18.9 Å². The second-order valence-corrected chi connectivity index (χ2v) is 5.49. The molecule has 1 unspecified atom stereocenters. The maximum atomic E-state index is 10.3. The van der Waals surface area contributed by atoms with Crippen LogP contribution in [0.3, 0.4) is 0 Å². The van der Waals surface area contributed by atoms with Gasteiger partial charge in [0.05, 0.1) is 0 Å². The molecule has 0 amide bonds. The molecule has 0 fully saturated rings. The molecule has 0 saturated carbocycles. The predicted octanol–water partition coefficient (Wildman–Crippen LogP) is 3.26. The summed E-state index contributed by atoms with van der Waals surface area (Å²) < 4.78 is 0. The lowest BCUT2D eigenvalue weighted by Crippen LogP contribution is -2.22. The molecule has 0 aromatic carbocycles. The molecule has 74 valence electrons. The summed E-state index contributed by atoms with van der Waals surface area (Å²) in [6, 6.07) is 8.04. The molecule has 3 heteroatoms. The predicted molar refractivity (Wildman–Crippen MR) is 61.9 cm³/mol. The highest BCUT2D eigenvalue weighted by molar-refractivity contribution is 7.10. The van der Waals surface area contributed by atoms with E-state index in [1.54, 1.807) is 22.7 Å². The average Bonchev–Trinajstić information content (AvgIpc) is 2.71. The Morgan fingerprint density at radius 3 is 2.50 bits per heavy atom. The van der Waals surface area contributed by atoms with E-state index in [-0.39, 0.29) is 0 Å². The van der Waals surface area contributed by atoms with Crippen LogP contribution in [0.25, 0.3) is 0 Å². The van der Waals surface area contributed by atoms with E-state index in [0.29, 0.717) is 6.42 Å². The fourth-order valence-electron chi connectivity index (χ4n) is 1.42. The molecule has 1 nitrogen and oxygen atoms in total.